The average molecular weight is 253 g/mol. The van der Waals surface area contributed by atoms with Crippen molar-refractivity contribution in [2.45, 2.75) is 0 Å². The van der Waals surface area contributed by atoms with Gasteiger partial charge in [0.2, 0.25) is 0 Å². The average Bonchev–Trinajstić information content (AvgIpc) is 2.18. The fourth-order valence-electron chi connectivity index (χ4n) is 0.928. The van der Waals surface area contributed by atoms with E-state index in [0.29, 0.717) is 28.0 Å². The van der Waals surface area contributed by atoms with Crippen LogP contribution in [0.15, 0.2) is 18.2 Å². The lowest BCUT2D eigenvalue weighted by molar-refractivity contribution is 0.0956. The van der Waals surface area contributed by atoms with Crippen LogP contribution in [-0.4, -0.2) is 18.3 Å². The first-order valence-corrected chi connectivity index (χ1v) is 5.23. The van der Waals surface area contributed by atoms with E-state index in [1.807, 2.05) is 0 Å². The van der Waals surface area contributed by atoms with Crippen molar-refractivity contribution in [3.05, 3.63) is 33.8 Å². The van der Waals surface area contributed by atoms with Gasteiger partial charge in [-0.05, 0) is 18.2 Å². The van der Waals surface area contributed by atoms with Crippen LogP contribution in [0.4, 0.5) is 0 Å². The highest BCUT2D eigenvalue weighted by Crippen LogP contribution is 2.20. The highest BCUT2D eigenvalue weighted by atomic mass is 35.5. The third-order valence-corrected chi connectivity index (χ3v) is 2.31. The summed E-state index contributed by atoms with van der Waals surface area (Å²) in [4.78, 5) is 11.5. The second-order valence-electron chi connectivity index (χ2n) is 2.57. The normalized spacial score (nSPS) is 9.93. The maximum Gasteiger partial charge on any atom is 0.252 e. The van der Waals surface area contributed by atoms with Gasteiger partial charge in [0.05, 0.1) is 10.6 Å². The molecule has 0 aliphatic rings. The van der Waals surface area contributed by atoms with Crippen LogP contribution in [0, 0.1) is 0 Å². The molecule has 0 aliphatic carbocycles. The van der Waals surface area contributed by atoms with Crippen LogP contribution >= 0.6 is 34.8 Å². The Balaban J connectivity index is 2.83. The molecule has 1 aromatic carbocycles. The second-order valence-corrected chi connectivity index (χ2v) is 3.79. The quantitative estimate of drug-likeness (QED) is 0.824. The van der Waals surface area contributed by atoms with Gasteiger partial charge in [0.15, 0.2) is 0 Å². The fourth-order valence-corrected chi connectivity index (χ4v) is 1.40. The predicted octanol–water partition coefficient (Wildman–Crippen LogP) is 2.96. The maximum atomic E-state index is 11.5. The number of benzene rings is 1. The number of nitrogens with one attached hydrogen (secondary N) is 1. The molecular formula is C9H8Cl3NO. The van der Waals surface area contributed by atoms with Gasteiger partial charge in [-0.25, -0.2) is 0 Å². The van der Waals surface area contributed by atoms with Crippen LogP contribution < -0.4 is 5.32 Å². The second kappa shape index (κ2) is 5.44. The molecule has 1 aromatic rings. The van der Waals surface area contributed by atoms with Gasteiger partial charge in [-0.15, -0.1) is 11.6 Å². The Bertz CT molecular complexity index is 341. The van der Waals surface area contributed by atoms with Crippen molar-refractivity contribution >= 4 is 40.7 Å². The summed E-state index contributed by atoms with van der Waals surface area (Å²) in [5, 5.41) is 3.46. The van der Waals surface area contributed by atoms with E-state index >= 15 is 0 Å². The fraction of sp³-hybridized carbons (Fsp3) is 0.222. The Morgan fingerprint density at radius 2 is 2.07 bits per heavy atom. The Kier molecular flexibility index (Phi) is 4.52. The zero-order valence-electron chi connectivity index (χ0n) is 7.19. The molecule has 0 bridgehead atoms. The number of carbonyl (C=O) groups excluding carboxylic acids is 1. The lowest BCUT2D eigenvalue weighted by atomic mass is 10.2. The molecule has 0 spiro atoms. The van der Waals surface area contributed by atoms with Crippen molar-refractivity contribution in [3.63, 3.8) is 0 Å². The smallest absolute Gasteiger partial charge is 0.252 e. The first-order chi connectivity index (χ1) is 6.65. The number of rotatable bonds is 3. The summed E-state index contributed by atoms with van der Waals surface area (Å²) in [6.45, 7) is 0.406. The van der Waals surface area contributed by atoms with Crippen LogP contribution in [-0.2, 0) is 0 Å². The molecular weight excluding hydrogens is 244 g/mol. The first-order valence-electron chi connectivity index (χ1n) is 3.94. The molecule has 1 amide bonds. The third-order valence-electron chi connectivity index (χ3n) is 1.55. The molecule has 1 rings (SSSR count). The van der Waals surface area contributed by atoms with E-state index in [1.165, 1.54) is 6.07 Å². The van der Waals surface area contributed by atoms with Gasteiger partial charge in [-0.2, -0.15) is 0 Å². The minimum absolute atomic E-state index is 0.266. The van der Waals surface area contributed by atoms with E-state index in [4.69, 9.17) is 34.8 Å². The van der Waals surface area contributed by atoms with Crippen molar-refractivity contribution in [1.29, 1.82) is 0 Å². The van der Waals surface area contributed by atoms with Gasteiger partial charge in [0, 0.05) is 17.4 Å². The van der Waals surface area contributed by atoms with Crippen LogP contribution in [0.25, 0.3) is 0 Å². The van der Waals surface area contributed by atoms with E-state index in [0.717, 1.165) is 0 Å². The van der Waals surface area contributed by atoms with Gasteiger partial charge in [0.25, 0.3) is 5.91 Å². The molecule has 0 heterocycles. The van der Waals surface area contributed by atoms with E-state index in [1.54, 1.807) is 12.1 Å². The Morgan fingerprint density at radius 1 is 1.36 bits per heavy atom. The highest BCUT2D eigenvalue weighted by molar-refractivity contribution is 6.35. The topological polar surface area (TPSA) is 29.1 Å². The SMILES string of the molecule is O=C(NCCCl)c1cc(Cl)ccc1Cl. The van der Waals surface area contributed by atoms with Crippen LogP contribution in [0.5, 0.6) is 0 Å². The van der Waals surface area contributed by atoms with Crippen LogP contribution in [0.3, 0.4) is 0 Å². The van der Waals surface area contributed by atoms with Crippen molar-refractivity contribution in [2.75, 3.05) is 12.4 Å². The highest BCUT2D eigenvalue weighted by Gasteiger charge is 2.09. The molecule has 0 fully saturated rings. The van der Waals surface area contributed by atoms with Crippen LogP contribution in [0.1, 0.15) is 10.4 Å². The van der Waals surface area contributed by atoms with Crippen molar-refractivity contribution < 1.29 is 4.79 Å². The number of amides is 1. The molecule has 5 heteroatoms. The lowest BCUT2D eigenvalue weighted by Crippen LogP contribution is -2.25. The zero-order valence-corrected chi connectivity index (χ0v) is 9.46. The summed E-state index contributed by atoms with van der Waals surface area (Å²) < 4.78 is 0. The van der Waals surface area contributed by atoms with Gasteiger partial charge < -0.3 is 5.32 Å². The van der Waals surface area contributed by atoms with Crippen LogP contribution in [0.2, 0.25) is 10.0 Å². The molecule has 0 radical (unpaired) electrons. The molecule has 2 nitrogen and oxygen atoms in total. The number of alkyl halides is 1. The minimum Gasteiger partial charge on any atom is -0.351 e. The Hall–Kier alpha value is -0.440. The Morgan fingerprint density at radius 3 is 2.71 bits per heavy atom. The predicted molar refractivity (Wildman–Crippen MR) is 59.5 cm³/mol. The number of hydrogen-bond donors (Lipinski definition) is 1. The van der Waals surface area contributed by atoms with E-state index in [9.17, 15) is 4.79 Å². The molecule has 76 valence electrons. The van der Waals surface area contributed by atoms with E-state index in [-0.39, 0.29) is 5.91 Å². The summed E-state index contributed by atoms with van der Waals surface area (Å²) in [5.41, 5.74) is 0.365. The molecule has 0 aliphatic heterocycles. The van der Waals surface area contributed by atoms with E-state index < -0.39 is 0 Å². The molecule has 0 saturated heterocycles. The molecule has 0 atom stereocenters. The minimum atomic E-state index is -0.266. The third kappa shape index (κ3) is 3.05. The summed E-state index contributed by atoms with van der Waals surface area (Å²) in [6.07, 6.45) is 0. The molecule has 0 unspecified atom stereocenters. The van der Waals surface area contributed by atoms with Gasteiger partial charge in [-0.3, -0.25) is 4.79 Å². The maximum absolute atomic E-state index is 11.5. The summed E-state index contributed by atoms with van der Waals surface area (Å²) in [5.74, 6) is 0.0994. The van der Waals surface area contributed by atoms with E-state index in [2.05, 4.69) is 5.32 Å². The number of halogens is 3. The molecule has 0 saturated carbocycles. The lowest BCUT2D eigenvalue weighted by Gasteiger charge is -2.05. The zero-order chi connectivity index (χ0) is 10.6. The van der Waals surface area contributed by atoms with Crippen molar-refractivity contribution in [3.8, 4) is 0 Å². The summed E-state index contributed by atoms with van der Waals surface area (Å²) >= 11 is 17.0. The molecule has 14 heavy (non-hydrogen) atoms. The largest absolute Gasteiger partial charge is 0.351 e. The monoisotopic (exact) mass is 251 g/mol. The number of hydrogen-bond acceptors (Lipinski definition) is 1. The molecule has 0 aromatic heterocycles. The van der Waals surface area contributed by atoms with Crippen molar-refractivity contribution in [1.82, 2.24) is 5.32 Å². The number of carbonyl (C=O) groups is 1. The van der Waals surface area contributed by atoms with Crippen molar-refractivity contribution in [2.24, 2.45) is 0 Å². The van der Waals surface area contributed by atoms with Gasteiger partial charge in [0.1, 0.15) is 0 Å². The van der Waals surface area contributed by atoms with Gasteiger partial charge >= 0.3 is 0 Å². The Labute approximate surface area is 97.1 Å². The standard InChI is InChI=1S/C9H8Cl3NO/c10-3-4-13-9(14)7-5-6(11)1-2-8(7)12/h1-2,5H,3-4H2,(H,13,14). The van der Waals surface area contributed by atoms with Gasteiger partial charge in [-0.1, -0.05) is 23.2 Å². The summed E-state index contributed by atoms with van der Waals surface area (Å²) in [7, 11) is 0. The summed E-state index contributed by atoms with van der Waals surface area (Å²) in [6, 6.07) is 4.73. The molecule has 1 N–H and O–H groups in total. The first kappa shape index (κ1) is 11.6.